The van der Waals surface area contributed by atoms with E-state index in [0.29, 0.717) is 16.2 Å². The molecular weight excluding hydrogens is 166 g/mol. The molecule has 1 N–H and O–H groups in total. The molecule has 0 bridgehead atoms. The normalized spacial score (nSPS) is 10.6. The summed E-state index contributed by atoms with van der Waals surface area (Å²) >= 11 is 5.74. The zero-order valence-corrected chi connectivity index (χ0v) is 6.15. The van der Waals surface area contributed by atoms with Gasteiger partial charge in [0.1, 0.15) is 11.8 Å². The predicted molar refractivity (Wildman–Crippen MR) is 39.7 cm³/mol. The summed E-state index contributed by atoms with van der Waals surface area (Å²) in [5.41, 5.74) is 0.883. The standard InChI is InChI=1S/C6H4ClN3O/c7-4-1-2-8-6-5(4)10(11)3-9-6/h1-3,11H. The van der Waals surface area contributed by atoms with E-state index in [1.807, 2.05) is 0 Å². The van der Waals surface area contributed by atoms with Crippen LogP contribution in [0.2, 0.25) is 5.02 Å². The molecular formula is C6H4ClN3O. The van der Waals surface area contributed by atoms with Crippen LogP contribution in [0.4, 0.5) is 0 Å². The molecule has 5 heteroatoms. The summed E-state index contributed by atoms with van der Waals surface area (Å²) in [4.78, 5) is 7.68. The van der Waals surface area contributed by atoms with E-state index in [1.165, 1.54) is 12.5 Å². The van der Waals surface area contributed by atoms with Gasteiger partial charge in [-0.3, -0.25) is 0 Å². The van der Waals surface area contributed by atoms with Gasteiger partial charge in [0.05, 0.1) is 5.02 Å². The molecule has 0 amide bonds. The lowest BCUT2D eigenvalue weighted by Gasteiger charge is -1.93. The summed E-state index contributed by atoms with van der Waals surface area (Å²) in [5, 5.41) is 9.56. The highest BCUT2D eigenvalue weighted by Crippen LogP contribution is 2.18. The third-order valence-electron chi connectivity index (χ3n) is 1.37. The molecule has 0 unspecified atom stereocenters. The minimum absolute atomic E-state index is 0.439. The third-order valence-corrected chi connectivity index (χ3v) is 1.68. The second-order valence-electron chi connectivity index (χ2n) is 2.05. The van der Waals surface area contributed by atoms with Crippen molar-refractivity contribution in [3.8, 4) is 0 Å². The van der Waals surface area contributed by atoms with Crippen LogP contribution >= 0.6 is 11.6 Å². The average Bonchev–Trinajstić information content (AvgIpc) is 2.34. The molecule has 0 saturated heterocycles. The quantitative estimate of drug-likeness (QED) is 0.606. The van der Waals surface area contributed by atoms with Crippen molar-refractivity contribution in [1.29, 1.82) is 0 Å². The van der Waals surface area contributed by atoms with Crippen molar-refractivity contribution in [2.75, 3.05) is 0 Å². The fraction of sp³-hybridized carbons (Fsp3) is 0. The van der Waals surface area contributed by atoms with Crippen LogP contribution in [-0.4, -0.2) is 19.9 Å². The zero-order valence-electron chi connectivity index (χ0n) is 5.40. The van der Waals surface area contributed by atoms with Crippen molar-refractivity contribution >= 4 is 22.8 Å². The number of halogens is 1. The second kappa shape index (κ2) is 2.10. The lowest BCUT2D eigenvalue weighted by Crippen LogP contribution is -1.87. The number of hydrogen-bond acceptors (Lipinski definition) is 3. The minimum Gasteiger partial charge on any atom is -0.427 e. The molecule has 2 rings (SSSR count). The Hall–Kier alpha value is -1.29. The highest BCUT2D eigenvalue weighted by molar-refractivity contribution is 6.34. The molecule has 4 nitrogen and oxygen atoms in total. The number of hydrogen-bond donors (Lipinski definition) is 1. The van der Waals surface area contributed by atoms with E-state index in [-0.39, 0.29) is 0 Å². The first-order valence-electron chi connectivity index (χ1n) is 2.96. The van der Waals surface area contributed by atoms with Gasteiger partial charge in [-0.05, 0) is 6.07 Å². The molecule has 0 fully saturated rings. The van der Waals surface area contributed by atoms with Gasteiger partial charge in [0.25, 0.3) is 0 Å². The van der Waals surface area contributed by atoms with Gasteiger partial charge in [-0.15, -0.1) is 0 Å². The van der Waals surface area contributed by atoms with E-state index in [2.05, 4.69) is 9.97 Å². The van der Waals surface area contributed by atoms with Crippen LogP contribution in [0, 0.1) is 0 Å². The third kappa shape index (κ3) is 0.832. The van der Waals surface area contributed by atoms with Crippen molar-refractivity contribution in [2.24, 2.45) is 0 Å². The molecule has 0 saturated carbocycles. The highest BCUT2D eigenvalue weighted by Gasteiger charge is 2.05. The van der Waals surface area contributed by atoms with Gasteiger partial charge in [0.15, 0.2) is 5.65 Å². The van der Waals surface area contributed by atoms with E-state index in [9.17, 15) is 0 Å². The van der Waals surface area contributed by atoms with E-state index in [0.717, 1.165) is 4.73 Å². The summed E-state index contributed by atoms with van der Waals surface area (Å²) in [5.74, 6) is 0. The van der Waals surface area contributed by atoms with Crippen molar-refractivity contribution in [3.05, 3.63) is 23.6 Å². The number of rotatable bonds is 0. The van der Waals surface area contributed by atoms with Gasteiger partial charge >= 0.3 is 0 Å². The number of fused-ring (bicyclic) bond motifs is 1. The molecule has 0 aliphatic rings. The summed E-state index contributed by atoms with van der Waals surface area (Å²) in [7, 11) is 0. The van der Waals surface area contributed by atoms with Gasteiger partial charge in [0.2, 0.25) is 0 Å². The van der Waals surface area contributed by atoms with Crippen molar-refractivity contribution in [2.45, 2.75) is 0 Å². The fourth-order valence-corrected chi connectivity index (χ4v) is 1.12. The van der Waals surface area contributed by atoms with Gasteiger partial charge in [0, 0.05) is 6.20 Å². The summed E-state index contributed by atoms with van der Waals surface area (Å²) in [6.07, 6.45) is 2.79. The van der Waals surface area contributed by atoms with Crippen LogP contribution in [0.1, 0.15) is 0 Å². The first-order chi connectivity index (χ1) is 5.29. The Morgan fingerprint density at radius 2 is 2.27 bits per heavy atom. The van der Waals surface area contributed by atoms with Gasteiger partial charge in [-0.25, -0.2) is 9.97 Å². The van der Waals surface area contributed by atoms with Gasteiger partial charge < -0.3 is 5.21 Å². The summed E-state index contributed by atoms with van der Waals surface area (Å²) in [6.45, 7) is 0. The lowest BCUT2D eigenvalue weighted by molar-refractivity contribution is 0.198. The number of imidazole rings is 1. The van der Waals surface area contributed by atoms with Crippen LogP contribution in [0.5, 0.6) is 0 Å². The monoisotopic (exact) mass is 169 g/mol. The van der Waals surface area contributed by atoms with Crippen LogP contribution in [0.3, 0.4) is 0 Å². The van der Waals surface area contributed by atoms with Crippen LogP contribution in [0.15, 0.2) is 18.6 Å². The van der Waals surface area contributed by atoms with Gasteiger partial charge in [-0.1, -0.05) is 11.6 Å². The molecule has 0 aliphatic heterocycles. The Labute approximate surface area is 67.0 Å². The average molecular weight is 170 g/mol. The first kappa shape index (κ1) is 6.42. The topological polar surface area (TPSA) is 50.9 Å². The highest BCUT2D eigenvalue weighted by atomic mass is 35.5. The Balaban J connectivity index is 2.96. The maximum Gasteiger partial charge on any atom is 0.182 e. The number of aromatic nitrogens is 3. The Kier molecular flexibility index (Phi) is 1.22. The van der Waals surface area contributed by atoms with Crippen molar-refractivity contribution in [1.82, 2.24) is 14.7 Å². The Morgan fingerprint density at radius 1 is 1.45 bits per heavy atom. The summed E-state index contributed by atoms with van der Waals surface area (Å²) < 4.78 is 0.852. The largest absolute Gasteiger partial charge is 0.427 e. The maximum atomic E-state index is 9.12. The molecule has 2 aromatic heterocycles. The molecule has 2 aromatic rings. The Morgan fingerprint density at radius 3 is 3.00 bits per heavy atom. The second-order valence-corrected chi connectivity index (χ2v) is 2.46. The van der Waals surface area contributed by atoms with E-state index >= 15 is 0 Å². The molecule has 0 aromatic carbocycles. The van der Waals surface area contributed by atoms with Crippen molar-refractivity contribution in [3.63, 3.8) is 0 Å². The number of nitrogens with zero attached hydrogens (tertiary/aromatic N) is 3. The predicted octanol–water partition coefficient (Wildman–Crippen LogP) is 1.32. The zero-order chi connectivity index (χ0) is 7.84. The molecule has 0 spiro atoms. The minimum atomic E-state index is 0.439. The van der Waals surface area contributed by atoms with E-state index in [4.69, 9.17) is 16.8 Å². The lowest BCUT2D eigenvalue weighted by atomic mass is 10.4. The van der Waals surface area contributed by atoms with Gasteiger partial charge in [-0.2, -0.15) is 4.73 Å². The smallest absolute Gasteiger partial charge is 0.182 e. The van der Waals surface area contributed by atoms with Crippen molar-refractivity contribution < 1.29 is 5.21 Å². The first-order valence-corrected chi connectivity index (χ1v) is 3.33. The van der Waals surface area contributed by atoms with Crippen LogP contribution < -0.4 is 0 Å². The summed E-state index contributed by atoms with van der Waals surface area (Å²) in [6, 6.07) is 1.60. The molecule has 56 valence electrons. The van der Waals surface area contributed by atoms with Crippen LogP contribution in [-0.2, 0) is 0 Å². The maximum absolute atomic E-state index is 9.12. The molecule has 11 heavy (non-hydrogen) atoms. The molecule has 0 atom stereocenters. The Bertz CT molecular complexity index is 398. The SMILES string of the molecule is On1cnc2nccc(Cl)c21. The van der Waals surface area contributed by atoms with E-state index in [1.54, 1.807) is 6.07 Å². The number of pyridine rings is 1. The molecule has 2 heterocycles. The fourth-order valence-electron chi connectivity index (χ4n) is 0.894. The molecule has 0 radical (unpaired) electrons. The van der Waals surface area contributed by atoms with E-state index < -0.39 is 0 Å². The van der Waals surface area contributed by atoms with Crippen LogP contribution in [0.25, 0.3) is 11.2 Å². The molecule has 0 aliphatic carbocycles.